The Bertz CT molecular complexity index is 1460. The Morgan fingerprint density at radius 3 is 2.77 bits per heavy atom. The van der Waals surface area contributed by atoms with Crippen LogP contribution in [0.15, 0.2) is 76.2 Å². The summed E-state index contributed by atoms with van der Waals surface area (Å²) in [6.07, 6.45) is -1.26. The Morgan fingerprint density at radius 1 is 1.06 bits per heavy atom. The molecular weight excluding hydrogens is 411 g/mol. The van der Waals surface area contributed by atoms with Crippen LogP contribution >= 0.6 is 0 Å². The minimum atomic E-state index is -4.79. The van der Waals surface area contributed by atoms with Crippen LogP contribution in [0.25, 0.3) is 33.3 Å². The third-order valence-corrected chi connectivity index (χ3v) is 4.87. The zero-order valence-corrected chi connectivity index (χ0v) is 15.8. The minimum absolute atomic E-state index is 0.0388. The van der Waals surface area contributed by atoms with Gasteiger partial charge in [0, 0.05) is 23.3 Å². The van der Waals surface area contributed by atoms with E-state index in [9.17, 15) is 18.0 Å². The normalized spacial score (nSPS) is 12.0. The van der Waals surface area contributed by atoms with Crippen molar-refractivity contribution in [2.45, 2.75) is 12.9 Å². The summed E-state index contributed by atoms with van der Waals surface area (Å²) in [5, 5.41) is 0.956. The Balaban J connectivity index is 1.49. The van der Waals surface area contributed by atoms with Gasteiger partial charge in [-0.3, -0.25) is 4.57 Å². The van der Waals surface area contributed by atoms with Crippen molar-refractivity contribution in [2.24, 2.45) is 0 Å². The molecule has 3 aromatic heterocycles. The number of aromatic nitrogens is 3. The van der Waals surface area contributed by atoms with E-state index in [1.165, 1.54) is 22.8 Å². The van der Waals surface area contributed by atoms with Gasteiger partial charge in [-0.25, -0.2) is 9.78 Å². The van der Waals surface area contributed by atoms with Gasteiger partial charge >= 0.3 is 12.1 Å². The minimum Gasteiger partial charge on any atom is -0.408 e. The van der Waals surface area contributed by atoms with Gasteiger partial charge in [-0.05, 0) is 47.5 Å². The van der Waals surface area contributed by atoms with Crippen molar-refractivity contribution in [3.63, 3.8) is 0 Å². The molecule has 0 amide bonds. The van der Waals surface area contributed by atoms with E-state index in [1.807, 2.05) is 18.2 Å². The molecule has 0 unspecified atom stereocenters. The van der Waals surface area contributed by atoms with E-state index in [1.54, 1.807) is 30.6 Å². The average molecular weight is 425 g/mol. The number of halogens is 3. The zero-order chi connectivity index (χ0) is 21.6. The molecule has 0 saturated heterocycles. The topological polar surface area (TPSA) is 73.0 Å². The Kier molecular flexibility index (Phi) is 4.32. The number of nitrogens with zero attached hydrogens (tertiary/aromatic N) is 2. The van der Waals surface area contributed by atoms with Crippen LogP contribution in [0.2, 0.25) is 0 Å². The molecule has 0 aliphatic carbocycles. The van der Waals surface area contributed by atoms with Crippen LogP contribution in [-0.2, 0) is 6.54 Å². The maximum absolute atomic E-state index is 12.5. The summed E-state index contributed by atoms with van der Waals surface area (Å²) in [7, 11) is 0. The molecule has 156 valence electrons. The van der Waals surface area contributed by atoms with E-state index in [-0.39, 0.29) is 12.3 Å². The van der Waals surface area contributed by atoms with Gasteiger partial charge in [0.05, 0.1) is 12.1 Å². The molecule has 0 radical (unpaired) electrons. The predicted octanol–water partition coefficient (Wildman–Crippen LogP) is 5.08. The summed E-state index contributed by atoms with van der Waals surface area (Å²) in [5.74, 6) is -0.950. The first-order valence-corrected chi connectivity index (χ1v) is 9.27. The Morgan fingerprint density at radius 2 is 1.94 bits per heavy atom. The highest BCUT2D eigenvalue weighted by atomic mass is 19.4. The van der Waals surface area contributed by atoms with Crippen LogP contribution in [0.5, 0.6) is 5.75 Å². The summed E-state index contributed by atoms with van der Waals surface area (Å²) < 4.78 is 48.1. The van der Waals surface area contributed by atoms with Crippen molar-refractivity contribution < 1.29 is 22.3 Å². The first-order chi connectivity index (χ1) is 14.9. The molecule has 31 heavy (non-hydrogen) atoms. The largest absolute Gasteiger partial charge is 0.573 e. The van der Waals surface area contributed by atoms with Crippen molar-refractivity contribution in [2.75, 3.05) is 0 Å². The van der Waals surface area contributed by atoms with Gasteiger partial charge in [0.1, 0.15) is 11.4 Å². The Labute approximate surface area is 172 Å². The van der Waals surface area contributed by atoms with Gasteiger partial charge in [-0.2, -0.15) is 0 Å². The van der Waals surface area contributed by atoms with E-state index >= 15 is 0 Å². The number of oxazole rings is 1. The summed E-state index contributed by atoms with van der Waals surface area (Å²) >= 11 is 0. The number of alkyl halides is 3. The standard InChI is InChI=1S/C22H14F3N3O3/c23-22(24,25)31-17-3-1-2-13(8-17)12-28-18-5-4-14(10-19(18)30-21(28)29)16-9-15-6-7-26-20(15)27-11-16/h1-11H,12H2,(H,26,27). The van der Waals surface area contributed by atoms with Gasteiger partial charge in [-0.1, -0.05) is 18.2 Å². The second kappa shape index (κ2) is 7.05. The second-order valence-corrected chi connectivity index (χ2v) is 6.97. The number of ether oxygens (including phenoxy) is 1. The highest BCUT2D eigenvalue weighted by Gasteiger charge is 2.31. The maximum Gasteiger partial charge on any atom is 0.573 e. The maximum atomic E-state index is 12.5. The highest BCUT2D eigenvalue weighted by Crippen LogP contribution is 2.27. The quantitative estimate of drug-likeness (QED) is 0.436. The van der Waals surface area contributed by atoms with Gasteiger partial charge in [-0.15, -0.1) is 13.2 Å². The third-order valence-electron chi connectivity index (χ3n) is 4.87. The van der Waals surface area contributed by atoms with Crippen LogP contribution in [0, 0.1) is 0 Å². The fourth-order valence-electron chi connectivity index (χ4n) is 3.52. The number of hydrogen-bond acceptors (Lipinski definition) is 4. The fraction of sp³-hybridized carbons (Fsp3) is 0.0909. The number of rotatable bonds is 4. The molecule has 9 heteroatoms. The number of fused-ring (bicyclic) bond motifs is 2. The number of nitrogens with one attached hydrogen (secondary N) is 1. The first kappa shape index (κ1) is 19.0. The molecule has 2 aromatic carbocycles. The van der Waals surface area contributed by atoms with Crippen molar-refractivity contribution in [3.05, 3.63) is 83.1 Å². The molecule has 5 rings (SSSR count). The molecule has 5 aromatic rings. The van der Waals surface area contributed by atoms with E-state index in [2.05, 4.69) is 14.7 Å². The molecule has 6 nitrogen and oxygen atoms in total. The van der Waals surface area contributed by atoms with Crippen LogP contribution in [0.1, 0.15) is 5.56 Å². The summed E-state index contributed by atoms with van der Waals surface area (Å²) in [4.78, 5) is 19.8. The fourth-order valence-corrected chi connectivity index (χ4v) is 3.52. The monoisotopic (exact) mass is 425 g/mol. The SMILES string of the molecule is O=c1oc2cc(-c3cnc4[nH]ccc4c3)ccc2n1Cc1cccc(OC(F)(F)F)c1. The predicted molar refractivity (Wildman–Crippen MR) is 108 cm³/mol. The van der Waals surface area contributed by atoms with Crippen LogP contribution in [0.3, 0.4) is 0 Å². The summed E-state index contributed by atoms with van der Waals surface area (Å²) in [6, 6.07) is 14.7. The second-order valence-electron chi connectivity index (χ2n) is 6.97. The van der Waals surface area contributed by atoms with Crippen LogP contribution < -0.4 is 10.5 Å². The van der Waals surface area contributed by atoms with E-state index < -0.39 is 12.1 Å². The lowest BCUT2D eigenvalue weighted by molar-refractivity contribution is -0.274. The van der Waals surface area contributed by atoms with Crippen LogP contribution in [0.4, 0.5) is 13.2 Å². The number of hydrogen-bond donors (Lipinski definition) is 1. The number of benzene rings is 2. The summed E-state index contributed by atoms with van der Waals surface area (Å²) in [6.45, 7) is 0.0388. The lowest BCUT2D eigenvalue weighted by atomic mass is 10.1. The van der Waals surface area contributed by atoms with Crippen molar-refractivity contribution >= 4 is 22.1 Å². The lowest BCUT2D eigenvalue weighted by Crippen LogP contribution is -2.18. The molecular formula is C22H14F3N3O3. The molecule has 0 fully saturated rings. The van der Waals surface area contributed by atoms with Crippen molar-refractivity contribution in [3.8, 4) is 16.9 Å². The zero-order valence-electron chi connectivity index (χ0n) is 15.8. The number of aromatic amines is 1. The number of pyridine rings is 1. The average Bonchev–Trinajstić information content (AvgIpc) is 3.30. The van der Waals surface area contributed by atoms with Gasteiger partial charge in [0.2, 0.25) is 0 Å². The van der Waals surface area contributed by atoms with E-state index in [4.69, 9.17) is 4.42 Å². The lowest BCUT2D eigenvalue weighted by Gasteiger charge is -2.10. The molecule has 0 atom stereocenters. The van der Waals surface area contributed by atoms with Gasteiger partial charge in [0.25, 0.3) is 0 Å². The van der Waals surface area contributed by atoms with Gasteiger partial charge < -0.3 is 14.1 Å². The smallest absolute Gasteiger partial charge is 0.408 e. The summed E-state index contributed by atoms with van der Waals surface area (Å²) in [5.41, 5.74) is 3.84. The molecule has 1 N–H and O–H groups in total. The highest BCUT2D eigenvalue weighted by molar-refractivity contribution is 5.85. The van der Waals surface area contributed by atoms with E-state index in [0.717, 1.165) is 22.2 Å². The van der Waals surface area contributed by atoms with Crippen molar-refractivity contribution in [1.82, 2.24) is 14.5 Å². The van der Waals surface area contributed by atoms with Crippen LogP contribution in [-0.4, -0.2) is 20.9 Å². The third kappa shape index (κ3) is 3.77. The van der Waals surface area contributed by atoms with Crippen molar-refractivity contribution in [1.29, 1.82) is 0 Å². The van der Waals surface area contributed by atoms with Gasteiger partial charge in [0.15, 0.2) is 5.58 Å². The molecule has 0 saturated carbocycles. The first-order valence-electron chi connectivity index (χ1n) is 9.27. The Hall–Kier alpha value is -4.01. The molecule has 0 aliphatic heterocycles. The molecule has 0 bridgehead atoms. The molecule has 3 heterocycles. The molecule has 0 spiro atoms. The number of H-pyrrole nitrogens is 1. The van der Waals surface area contributed by atoms with E-state index in [0.29, 0.717) is 16.7 Å². The molecule has 0 aliphatic rings.